The van der Waals surface area contributed by atoms with Gasteiger partial charge in [0.2, 0.25) is 5.91 Å². The molecule has 0 spiro atoms. The number of carbonyl (C=O) groups is 1. The summed E-state index contributed by atoms with van der Waals surface area (Å²) in [6.45, 7) is 0. The van der Waals surface area contributed by atoms with Gasteiger partial charge < -0.3 is 5.32 Å². The first kappa shape index (κ1) is 17.7. The fraction of sp³-hybridized carbons (Fsp3) is 0.300. The number of nitrogens with zero attached hydrogens (tertiary/aromatic N) is 1. The minimum atomic E-state index is -0.245. The molecule has 0 radical (unpaired) electrons. The van der Waals surface area contributed by atoms with Crippen LogP contribution in [-0.4, -0.2) is 5.91 Å². The Morgan fingerprint density at radius 2 is 1.96 bits per heavy atom. The third-order valence-electron chi connectivity index (χ3n) is 4.34. The number of amides is 1. The molecular formula is C20H19ClN2OS. The lowest BCUT2D eigenvalue weighted by Crippen LogP contribution is -2.07. The van der Waals surface area contributed by atoms with Gasteiger partial charge in [-0.15, -0.1) is 11.3 Å². The normalized spacial score (nSPS) is 14.4. The van der Waals surface area contributed by atoms with Gasteiger partial charge in [0, 0.05) is 16.0 Å². The molecule has 1 amide bonds. The van der Waals surface area contributed by atoms with Gasteiger partial charge in [-0.2, -0.15) is 5.26 Å². The van der Waals surface area contributed by atoms with Crippen molar-refractivity contribution in [2.24, 2.45) is 0 Å². The molecule has 0 bridgehead atoms. The summed E-state index contributed by atoms with van der Waals surface area (Å²) < 4.78 is 0. The quantitative estimate of drug-likeness (QED) is 0.716. The molecule has 0 aliphatic heterocycles. The van der Waals surface area contributed by atoms with Gasteiger partial charge in [0.1, 0.15) is 11.1 Å². The van der Waals surface area contributed by atoms with Crippen LogP contribution in [0.2, 0.25) is 5.02 Å². The molecule has 1 aromatic heterocycles. The third kappa shape index (κ3) is 4.31. The molecule has 1 aliphatic rings. The highest BCUT2D eigenvalue weighted by atomic mass is 35.5. The van der Waals surface area contributed by atoms with Crippen LogP contribution < -0.4 is 5.32 Å². The number of fused-ring (bicyclic) bond motifs is 1. The number of carbonyl (C=O) groups excluding carboxylic acids is 1. The number of nitrogens with one attached hydrogen (secondary N) is 1. The molecular weight excluding hydrogens is 352 g/mol. The SMILES string of the molecule is N#Cc1c(NC(=O)C=Cc2ccccc2Cl)sc2c1CCCCCC2. The topological polar surface area (TPSA) is 52.9 Å². The maximum atomic E-state index is 12.3. The van der Waals surface area contributed by atoms with Crippen LogP contribution in [0.3, 0.4) is 0 Å². The molecule has 2 aromatic rings. The van der Waals surface area contributed by atoms with Gasteiger partial charge in [-0.1, -0.05) is 42.6 Å². The van der Waals surface area contributed by atoms with Crippen molar-refractivity contribution < 1.29 is 4.79 Å². The van der Waals surface area contributed by atoms with E-state index in [0.29, 0.717) is 15.6 Å². The van der Waals surface area contributed by atoms with Crippen molar-refractivity contribution in [1.29, 1.82) is 5.26 Å². The first-order valence-electron chi connectivity index (χ1n) is 8.47. The highest BCUT2D eigenvalue weighted by Gasteiger charge is 2.19. The Morgan fingerprint density at radius 1 is 1.20 bits per heavy atom. The minimum Gasteiger partial charge on any atom is -0.313 e. The minimum absolute atomic E-state index is 0.245. The number of hydrogen-bond donors (Lipinski definition) is 1. The highest BCUT2D eigenvalue weighted by molar-refractivity contribution is 7.16. The summed E-state index contributed by atoms with van der Waals surface area (Å²) in [6, 6.07) is 9.64. The number of hydrogen-bond acceptors (Lipinski definition) is 3. The van der Waals surface area contributed by atoms with Crippen molar-refractivity contribution in [3.8, 4) is 6.07 Å². The lowest BCUT2D eigenvalue weighted by atomic mass is 9.97. The van der Waals surface area contributed by atoms with Crippen LogP contribution >= 0.6 is 22.9 Å². The zero-order valence-corrected chi connectivity index (χ0v) is 15.4. The Morgan fingerprint density at radius 3 is 2.72 bits per heavy atom. The predicted octanol–water partition coefficient (Wildman–Crippen LogP) is 5.58. The van der Waals surface area contributed by atoms with E-state index in [1.54, 1.807) is 23.5 Å². The van der Waals surface area contributed by atoms with E-state index < -0.39 is 0 Å². The predicted molar refractivity (Wildman–Crippen MR) is 104 cm³/mol. The van der Waals surface area contributed by atoms with E-state index in [-0.39, 0.29) is 5.91 Å². The average Bonchev–Trinajstić information content (AvgIpc) is 2.89. The number of aryl methyl sites for hydroxylation is 1. The van der Waals surface area contributed by atoms with Crippen molar-refractivity contribution in [2.75, 3.05) is 5.32 Å². The van der Waals surface area contributed by atoms with E-state index in [1.807, 2.05) is 18.2 Å². The van der Waals surface area contributed by atoms with E-state index in [4.69, 9.17) is 11.6 Å². The summed E-state index contributed by atoms with van der Waals surface area (Å²) >= 11 is 7.64. The van der Waals surface area contributed by atoms with E-state index in [9.17, 15) is 10.1 Å². The second-order valence-electron chi connectivity index (χ2n) is 6.08. The van der Waals surface area contributed by atoms with Gasteiger partial charge >= 0.3 is 0 Å². The zero-order valence-electron chi connectivity index (χ0n) is 13.8. The van der Waals surface area contributed by atoms with E-state index >= 15 is 0 Å². The van der Waals surface area contributed by atoms with Gasteiger partial charge in [0.25, 0.3) is 0 Å². The maximum absolute atomic E-state index is 12.3. The number of anilines is 1. The van der Waals surface area contributed by atoms with Crippen LogP contribution in [0.5, 0.6) is 0 Å². The lowest BCUT2D eigenvalue weighted by molar-refractivity contribution is -0.111. The number of halogens is 1. The molecule has 0 saturated carbocycles. The largest absolute Gasteiger partial charge is 0.313 e. The number of rotatable bonds is 3. The van der Waals surface area contributed by atoms with Crippen LogP contribution in [-0.2, 0) is 17.6 Å². The molecule has 1 aromatic carbocycles. The monoisotopic (exact) mass is 370 g/mol. The standard InChI is InChI=1S/C20H19ClN2OS/c21-17-9-6-5-7-14(17)11-12-19(24)23-20-16(13-22)15-8-3-1-2-4-10-18(15)25-20/h5-7,9,11-12H,1-4,8,10H2,(H,23,24). The molecule has 3 rings (SSSR count). The van der Waals surface area contributed by atoms with Crippen molar-refractivity contribution in [3.63, 3.8) is 0 Å². The molecule has 128 valence electrons. The number of thiophene rings is 1. The molecule has 0 unspecified atom stereocenters. The Labute approximate surface area is 156 Å². The zero-order chi connectivity index (χ0) is 17.6. The van der Waals surface area contributed by atoms with E-state index in [0.717, 1.165) is 36.8 Å². The first-order valence-corrected chi connectivity index (χ1v) is 9.66. The van der Waals surface area contributed by atoms with E-state index in [1.165, 1.54) is 23.8 Å². The molecule has 25 heavy (non-hydrogen) atoms. The van der Waals surface area contributed by atoms with Crippen molar-refractivity contribution in [1.82, 2.24) is 0 Å². The van der Waals surface area contributed by atoms with Gasteiger partial charge in [-0.3, -0.25) is 4.79 Å². The van der Waals surface area contributed by atoms with Crippen LogP contribution in [0.1, 0.15) is 47.3 Å². The molecule has 1 aliphatic carbocycles. The lowest BCUT2D eigenvalue weighted by Gasteiger charge is -2.08. The van der Waals surface area contributed by atoms with Gasteiger partial charge in [0.15, 0.2) is 0 Å². The second kappa shape index (κ2) is 8.33. The molecule has 1 heterocycles. The van der Waals surface area contributed by atoms with Gasteiger partial charge in [-0.05, 0) is 49.0 Å². The van der Waals surface area contributed by atoms with Gasteiger partial charge in [0.05, 0.1) is 5.56 Å². The fourth-order valence-electron chi connectivity index (χ4n) is 3.06. The fourth-order valence-corrected chi connectivity index (χ4v) is 4.50. The smallest absolute Gasteiger partial charge is 0.249 e. The Kier molecular flexibility index (Phi) is 5.91. The average molecular weight is 371 g/mol. The Balaban J connectivity index is 1.78. The van der Waals surface area contributed by atoms with Crippen molar-refractivity contribution in [2.45, 2.75) is 38.5 Å². The summed E-state index contributed by atoms with van der Waals surface area (Å²) in [4.78, 5) is 13.5. The van der Waals surface area contributed by atoms with Crippen molar-refractivity contribution in [3.05, 3.63) is 56.9 Å². The number of benzene rings is 1. The first-order chi connectivity index (χ1) is 12.2. The molecule has 5 heteroatoms. The second-order valence-corrected chi connectivity index (χ2v) is 7.59. The molecule has 0 saturated heterocycles. The summed E-state index contributed by atoms with van der Waals surface area (Å²) in [5, 5.41) is 13.7. The molecule has 1 N–H and O–H groups in total. The van der Waals surface area contributed by atoms with E-state index in [2.05, 4.69) is 11.4 Å². The summed E-state index contributed by atoms with van der Waals surface area (Å²) in [7, 11) is 0. The molecule has 3 nitrogen and oxygen atoms in total. The van der Waals surface area contributed by atoms with Crippen LogP contribution in [0.4, 0.5) is 5.00 Å². The Hall–Kier alpha value is -2.09. The highest BCUT2D eigenvalue weighted by Crippen LogP contribution is 2.36. The summed E-state index contributed by atoms with van der Waals surface area (Å²) in [6.07, 6.45) is 9.78. The van der Waals surface area contributed by atoms with Crippen LogP contribution in [0.25, 0.3) is 6.08 Å². The van der Waals surface area contributed by atoms with Crippen molar-refractivity contribution >= 4 is 39.9 Å². The summed E-state index contributed by atoms with van der Waals surface area (Å²) in [5.41, 5.74) is 2.57. The summed E-state index contributed by atoms with van der Waals surface area (Å²) in [5.74, 6) is -0.245. The molecule has 0 fully saturated rings. The van der Waals surface area contributed by atoms with Crippen LogP contribution in [0.15, 0.2) is 30.3 Å². The molecule has 0 atom stereocenters. The Bertz CT molecular complexity index is 848. The van der Waals surface area contributed by atoms with Gasteiger partial charge in [-0.25, -0.2) is 0 Å². The van der Waals surface area contributed by atoms with Crippen LogP contribution in [0, 0.1) is 11.3 Å². The number of nitriles is 1. The third-order valence-corrected chi connectivity index (χ3v) is 5.89. The maximum Gasteiger partial charge on any atom is 0.249 e.